The molecule has 1 aromatic rings. The first-order valence-corrected chi connectivity index (χ1v) is 5.19. The van der Waals surface area contributed by atoms with Crippen LogP contribution >= 0.6 is 0 Å². The van der Waals surface area contributed by atoms with Gasteiger partial charge in [0.2, 0.25) is 5.91 Å². The summed E-state index contributed by atoms with van der Waals surface area (Å²) >= 11 is 0. The van der Waals surface area contributed by atoms with Crippen LogP contribution in [0.5, 0.6) is 0 Å². The molecule has 5 heteroatoms. The second-order valence-electron chi connectivity index (χ2n) is 3.30. The van der Waals surface area contributed by atoms with Crippen LogP contribution in [0.15, 0.2) is 16.9 Å². The number of amides is 1. The van der Waals surface area contributed by atoms with Crippen molar-refractivity contribution < 1.29 is 9.32 Å². The van der Waals surface area contributed by atoms with E-state index in [2.05, 4.69) is 27.2 Å². The Labute approximate surface area is 89.2 Å². The number of hydrogen-bond acceptors (Lipinski definition) is 4. The van der Waals surface area contributed by atoms with Crippen LogP contribution in [0.2, 0.25) is 0 Å². The van der Waals surface area contributed by atoms with Gasteiger partial charge in [0.15, 0.2) is 0 Å². The fraction of sp³-hybridized carbons (Fsp3) is 0.600. The van der Waals surface area contributed by atoms with Crippen LogP contribution < -0.4 is 10.6 Å². The number of hydrogen-bond donors (Lipinski definition) is 2. The molecule has 0 aliphatic heterocycles. The number of carbonyl (C=O) groups is 1. The van der Waals surface area contributed by atoms with E-state index in [1.807, 2.05) is 0 Å². The van der Waals surface area contributed by atoms with Gasteiger partial charge in [0.25, 0.3) is 0 Å². The maximum Gasteiger partial charge on any atom is 0.233 e. The molecule has 0 saturated heterocycles. The first kappa shape index (κ1) is 11.7. The molecule has 1 rings (SSSR count). The van der Waals surface area contributed by atoms with E-state index in [1.54, 1.807) is 6.07 Å². The van der Waals surface area contributed by atoms with Crippen LogP contribution in [0, 0.1) is 0 Å². The van der Waals surface area contributed by atoms with Gasteiger partial charge in [0.05, 0.1) is 12.2 Å². The van der Waals surface area contributed by atoms with Crippen molar-refractivity contribution in [1.29, 1.82) is 0 Å². The molecule has 5 nitrogen and oxygen atoms in total. The number of nitrogens with one attached hydrogen (secondary N) is 2. The minimum absolute atomic E-state index is 0.0203. The third-order valence-corrected chi connectivity index (χ3v) is 1.94. The van der Waals surface area contributed by atoms with E-state index < -0.39 is 0 Å². The number of aromatic nitrogens is 1. The smallest absolute Gasteiger partial charge is 0.233 e. The van der Waals surface area contributed by atoms with Crippen LogP contribution in [0.3, 0.4) is 0 Å². The number of carbonyl (C=O) groups excluding carboxylic acids is 1. The molecular weight excluding hydrogens is 194 g/mol. The second kappa shape index (κ2) is 7.00. The van der Waals surface area contributed by atoms with E-state index in [0.717, 1.165) is 25.1 Å². The van der Waals surface area contributed by atoms with Crippen molar-refractivity contribution in [2.24, 2.45) is 0 Å². The van der Waals surface area contributed by atoms with Crippen molar-refractivity contribution in [1.82, 2.24) is 15.8 Å². The first-order chi connectivity index (χ1) is 7.33. The lowest BCUT2D eigenvalue weighted by Crippen LogP contribution is -2.34. The van der Waals surface area contributed by atoms with Gasteiger partial charge in [-0.3, -0.25) is 4.79 Å². The van der Waals surface area contributed by atoms with Crippen molar-refractivity contribution in [3.8, 4) is 0 Å². The highest BCUT2D eigenvalue weighted by Gasteiger charge is 2.00. The maximum absolute atomic E-state index is 11.2. The monoisotopic (exact) mass is 211 g/mol. The Morgan fingerprint density at radius 2 is 2.47 bits per heavy atom. The first-order valence-electron chi connectivity index (χ1n) is 5.19. The molecule has 0 aliphatic rings. The van der Waals surface area contributed by atoms with Gasteiger partial charge >= 0.3 is 0 Å². The highest BCUT2D eigenvalue weighted by atomic mass is 16.5. The van der Waals surface area contributed by atoms with Gasteiger partial charge in [-0.25, -0.2) is 0 Å². The molecule has 2 N–H and O–H groups in total. The Morgan fingerprint density at radius 3 is 3.13 bits per heavy atom. The molecule has 0 unspecified atom stereocenters. The Bertz CT molecular complexity index is 272. The van der Waals surface area contributed by atoms with E-state index in [4.69, 9.17) is 0 Å². The molecular formula is C10H17N3O2. The standard InChI is InChI=1S/C10H17N3O2/c1-2-3-5-12-10(14)8-11-7-9-4-6-15-13-9/h4,6,11H,2-3,5,7-8H2,1H3,(H,12,14). The molecule has 0 bridgehead atoms. The highest BCUT2D eigenvalue weighted by Crippen LogP contribution is 1.91. The molecule has 0 radical (unpaired) electrons. The summed E-state index contributed by atoms with van der Waals surface area (Å²) in [6.45, 7) is 3.71. The Kier molecular flexibility index (Phi) is 5.47. The molecule has 15 heavy (non-hydrogen) atoms. The predicted molar refractivity (Wildman–Crippen MR) is 56.1 cm³/mol. The summed E-state index contributed by atoms with van der Waals surface area (Å²) in [7, 11) is 0. The minimum atomic E-state index is 0.0203. The predicted octanol–water partition coefficient (Wildman–Crippen LogP) is 0.680. The average Bonchev–Trinajstić information content (AvgIpc) is 2.71. The van der Waals surface area contributed by atoms with Crippen LogP contribution in [0.4, 0.5) is 0 Å². The molecule has 0 fully saturated rings. The molecule has 0 spiro atoms. The van der Waals surface area contributed by atoms with Crippen molar-refractivity contribution in [2.75, 3.05) is 13.1 Å². The van der Waals surface area contributed by atoms with Gasteiger partial charge in [-0.05, 0) is 6.42 Å². The molecule has 0 atom stereocenters. The third kappa shape index (κ3) is 5.17. The maximum atomic E-state index is 11.2. The van der Waals surface area contributed by atoms with Gasteiger partial charge in [-0.15, -0.1) is 0 Å². The summed E-state index contributed by atoms with van der Waals surface area (Å²) in [6.07, 6.45) is 3.63. The minimum Gasteiger partial charge on any atom is -0.364 e. The number of unbranched alkanes of at least 4 members (excludes halogenated alkanes) is 1. The van der Waals surface area contributed by atoms with Crippen LogP contribution in [0.25, 0.3) is 0 Å². The summed E-state index contributed by atoms with van der Waals surface area (Å²) in [5.74, 6) is 0.0203. The summed E-state index contributed by atoms with van der Waals surface area (Å²) in [4.78, 5) is 11.2. The zero-order valence-electron chi connectivity index (χ0n) is 8.95. The number of nitrogens with zero attached hydrogens (tertiary/aromatic N) is 1. The van der Waals surface area contributed by atoms with Gasteiger partial charge in [-0.1, -0.05) is 18.5 Å². The Hall–Kier alpha value is -1.36. The second-order valence-corrected chi connectivity index (χ2v) is 3.30. The summed E-state index contributed by atoms with van der Waals surface area (Å²) in [6, 6.07) is 1.77. The van der Waals surface area contributed by atoms with E-state index in [0.29, 0.717) is 13.1 Å². The third-order valence-electron chi connectivity index (χ3n) is 1.94. The van der Waals surface area contributed by atoms with E-state index in [9.17, 15) is 4.79 Å². The lowest BCUT2D eigenvalue weighted by Gasteiger charge is -2.04. The lowest BCUT2D eigenvalue weighted by atomic mass is 10.3. The topological polar surface area (TPSA) is 67.2 Å². The van der Waals surface area contributed by atoms with Gasteiger partial charge in [-0.2, -0.15) is 0 Å². The van der Waals surface area contributed by atoms with Crippen LogP contribution in [-0.4, -0.2) is 24.2 Å². The lowest BCUT2D eigenvalue weighted by molar-refractivity contribution is -0.120. The molecule has 0 aromatic carbocycles. The van der Waals surface area contributed by atoms with Crippen molar-refractivity contribution in [3.63, 3.8) is 0 Å². The Balaban J connectivity index is 2.02. The molecule has 84 valence electrons. The fourth-order valence-corrected chi connectivity index (χ4v) is 1.10. The molecule has 0 aliphatic carbocycles. The normalized spacial score (nSPS) is 10.2. The summed E-state index contributed by atoms with van der Waals surface area (Å²) in [5, 5.41) is 9.52. The molecule has 1 aromatic heterocycles. The molecule has 1 amide bonds. The SMILES string of the molecule is CCCCNC(=O)CNCc1ccon1. The quantitative estimate of drug-likeness (QED) is 0.651. The van der Waals surface area contributed by atoms with Crippen molar-refractivity contribution >= 4 is 5.91 Å². The van der Waals surface area contributed by atoms with Gasteiger partial charge in [0, 0.05) is 19.2 Å². The van der Waals surface area contributed by atoms with Gasteiger partial charge in [0.1, 0.15) is 6.26 Å². The zero-order valence-corrected chi connectivity index (χ0v) is 8.95. The largest absolute Gasteiger partial charge is 0.364 e. The summed E-state index contributed by atoms with van der Waals surface area (Å²) < 4.78 is 4.66. The molecule has 0 saturated carbocycles. The van der Waals surface area contributed by atoms with Crippen LogP contribution in [0.1, 0.15) is 25.5 Å². The number of rotatable bonds is 7. The molecule has 1 heterocycles. The van der Waals surface area contributed by atoms with E-state index in [-0.39, 0.29) is 5.91 Å². The van der Waals surface area contributed by atoms with Gasteiger partial charge < -0.3 is 15.2 Å². The van der Waals surface area contributed by atoms with E-state index in [1.165, 1.54) is 6.26 Å². The zero-order chi connectivity index (χ0) is 10.9. The highest BCUT2D eigenvalue weighted by molar-refractivity contribution is 5.77. The Morgan fingerprint density at radius 1 is 1.60 bits per heavy atom. The van der Waals surface area contributed by atoms with E-state index >= 15 is 0 Å². The van der Waals surface area contributed by atoms with Crippen molar-refractivity contribution in [2.45, 2.75) is 26.3 Å². The summed E-state index contributed by atoms with van der Waals surface area (Å²) in [5.41, 5.74) is 0.802. The van der Waals surface area contributed by atoms with Crippen molar-refractivity contribution in [3.05, 3.63) is 18.0 Å². The van der Waals surface area contributed by atoms with Crippen LogP contribution in [-0.2, 0) is 11.3 Å². The fourth-order valence-electron chi connectivity index (χ4n) is 1.10. The average molecular weight is 211 g/mol.